The van der Waals surface area contributed by atoms with Gasteiger partial charge in [-0.2, -0.15) is 0 Å². The first kappa shape index (κ1) is 18.9. The molecule has 0 spiro atoms. The first-order valence-electron chi connectivity index (χ1n) is 8.48. The van der Waals surface area contributed by atoms with Gasteiger partial charge in [0.15, 0.2) is 11.6 Å². The van der Waals surface area contributed by atoms with Gasteiger partial charge in [0.25, 0.3) is 0 Å². The number of carboxylic acids is 1. The van der Waals surface area contributed by atoms with Crippen molar-refractivity contribution in [3.63, 3.8) is 0 Å². The number of hydrogen-bond acceptors (Lipinski definition) is 3. The van der Waals surface area contributed by atoms with Crippen LogP contribution in [0.15, 0.2) is 48.5 Å². The van der Waals surface area contributed by atoms with Crippen molar-refractivity contribution in [2.75, 3.05) is 6.61 Å². The Labute approximate surface area is 147 Å². The molecule has 0 saturated carbocycles. The molecule has 2 N–H and O–H groups in total. The molecule has 0 saturated heterocycles. The third-order valence-corrected chi connectivity index (χ3v) is 3.92. The standard InChI is InChI=1S/C20H24FNO3/c1-2-25-19-10-8-16(13-18(19)21)14-22-17(9-11-20(23)24)12-15-6-4-3-5-7-15/h3-8,10,13,17,22H,2,9,11-12,14H2,1H3,(H,23,24). The highest BCUT2D eigenvalue weighted by Crippen LogP contribution is 2.18. The quantitative estimate of drug-likeness (QED) is 0.688. The number of aliphatic carboxylic acids is 1. The van der Waals surface area contributed by atoms with E-state index in [1.54, 1.807) is 6.07 Å². The number of rotatable bonds is 10. The summed E-state index contributed by atoms with van der Waals surface area (Å²) >= 11 is 0. The molecule has 2 aromatic carbocycles. The normalized spacial score (nSPS) is 11.9. The Kier molecular flexibility index (Phi) is 7.41. The summed E-state index contributed by atoms with van der Waals surface area (Å²) in [4.78, 5) is 10.9. The predicted octanol–water partition coefficient (Wildman–Crippen LogP) is 3.79. The zero-order chi connectivity index (χ0) is 18.1. The Bertz CT molecular complexity index is 676. The van der Waals surface area contributed by atoms with Crippen LogP contribution in [0.3, 0.4) is 0 Å². The fraction of sp³-hybridized carbons (Fsp3) is 0.350. The molecule has 0 aliphatic carbocycles. The summed E-state index contributed by atoms with van der Waals surface area (Å²) in [5.74, 6) is -0.948. The molecule has 0 heterocycles. The van der Waals surface area contributed by atoms with Crippen molar-refractivity contribution >= 4 is 5.97 Å². The minimum absolute atomic E-state index is 0.00753. The Morgan fingerprint density at radius 2 is 1.96 bits per heavy atom. The fourth-order valence-electron chi connectivity index (χ4n) is 2.66. The number of benzene rings is 2. The van der Waals surface area contributed by atoms with Gasteiger partial charge in [0, 0.05) is 19.0 Å². The molecular weight excluding hydrogens is 321 g/mol. The second-order valence-corrected chi connectivity index (χ2v) is 5.90. The smallest absolute Gasteiger partial charge is 0.303 e. The van der Waals surface area contributed by atoms with Gasteiger partial charge in [-0.15, -0.1) is 0 Å². The molecule has 134 valence electrons. The molecule has 0 bridgehead atoms. The molecule has 5 heteroatoms. The van der Waals surface area contributed by atoms with Crippen molar-refractivity contribution in [1.29, 1.82) is 0 Å². The van der Waals surface area contributed by atoms with Crippen molar-refractivity contribution in [2.24, 2.45) is 0 Å². The highest BCUT2D eigenvalue weighted by Gasteiger charge is 2.12. The SMILES string of the molecule is CCOc1ccc(CNC(CCC(=O)O)Cc2ccccc2)cc1F. The van der Waals surface area contributed by atoms with E-state index < -0.39 is 5.97 Å². The van der Waals surface area contributed by atoms with Gasteiger partial charge in [-0.1, -0.05) is 36.4 Å². The maximum atomic E-state index is 13.9. The van der Waals surface area contributed by atoms with E-state index in [1.165, 1.54) is 6.07 Å². The largest absolute Gasteiger partial charge is 0.491 e. The highest BCUT2D eigenvalue weighted by molar-refractivity contribution is 5.66. The summed E-state index contributed by atoms with van der Waals surface area (Å²) in [5.41, 5.74) is 1.94. The van der Waals surface area contributed by atoms with Crippen LogP contribution in [0.5, 0.6) is 5.75 Å². The first-order valence-corrected chi connectivity index (χ1v) is 8.48. The van der Waals surface area contributed by atoms with Crippen molar-refractivity contribution in [3.8, 4) is 5.75 Å². The van der Waals surface area contributed by atoms with E-state index in [9.17, 15) is 9.18 Å². The molecular formula is C20H24FNO3. The van der Waals surface area contributed by atoms with Crippen LogP contribution in [0, 0.1) is 5.82 Å². The van der Waals surface area contributed by atoms with Gasteiger partial charge in [-0.25, -0.2) is 4.39 Å². The van der Waals surface area contributed by atoms with Gasteiger partial charge in [0.2, 0.25) is 0 Å². The van der Waals surface area contributed by atoms with Gasteiger partial charge in [-0.3, -0.25) is 4.79 Å². The minimum atomic E-state index is -0.813. The van der Waals surface area contributed by atoms with E-state index in [1.807, 2.05) is 43.3 Å². The number of nitrogens with one attached hydrogen (secondary N) is 1. The first-order chi connectivity index (χ1) is 12.1. The lowest BCUT2D eigenvalue weighted by atomic mass is 10.0. The average Bonchev–Trinajstić information content (AvgIpc) is 2.60. The Hall–Kier alpha value is -2.40. The summed E-state index contributed by atoms with van der Waals surface area (Å²) in [6, 6.07) is 14.8. The van der Waals surface area contributed by atoms with Gasteiger partial charge < -0.3 is 15.2 Å². The number of ether oxygens (including phenoxy) is 1. The number of hydrogen-bond donors (Lipinski definition) is 2. The second-order valence-electron chi connectivity index (χ2n) is 5.90. The molecule has 0 aliphatic rings. The lowest BCUT2D eigenvalue weighted by Gasteiger charge is -2.18. The van der Waals surface area contributed by atoms with E-state index in [-0.39, 0.29) is 24.0 Å². The Morgan fingerprint density at radius 1 is 1.20 bits per heavy atom. The topological polar surface area (TPSA) is 58.6 Å². The summed E-state index contributed by atoms with van der Waals surface area (Å²) in [7, 11) is 0. The van der Waals surface area contributed by atoms with Crippen LogP contribution in [-0.2, 0) is 17.8 Å². The fourth-order valence-corrected chi connectivity index (χ4v) is 2.66. The van der Waals surface area contributed by atoms with Crippen molar-refractivity contribution < 1.29 is 19.0 Å². The van der Waals surface area contributed by atoms with Crippen LogP contribution < -0.4 is 10.1 Å². The third kappa shape index (κ3) is 6.55. The summed E-state index contributed by atoms with van der Waals surface area (Å²) in [6.45, 7) is 2.70. The summed E-state index contributed by atoms with van der Waals surface area (Å²) in [5, 5.41) is 12.3. The van der Waals surface area contributed by atoms with Gasteiger partial charge in [-0.05, 0) is 43.0 Å². The molecule has 25 heavy (non-hydrogen) atoms. The van der Waals surface area contributed by atoms with E-state index in [2.05, 4.69) is 5.32 Å². The van der Waals surface area contributed by atoms with E-state index >= 15 is 0 Å². The van der Waals surface area contributed by atoms with Crippen LogP contribution in [0.4, 0.5) is 4.39 Å². The Balaban J connectivity index is 1.98. The lowest BCUT2D eigenvalue weighted by molar-refractivity contribution is -0.137. The lowest BCUT2D eigenvalue weighted by Crippen LogP contribution is -2.31. The molecule has 0 fully saturated rings. The molecule has 0 radical (unpaired) electrons. The number of halogens is 1. The highest BCUT2D eigenvalue weighted by atomic mass is 19.1. The molecule has 1 unspecified atom stereocenters. The van der Waals surface area contributed by atoms with Crippen LogP contribution >= 0.6 is 0 Å². The maximum absolute atomic E-state index is 13.9. The number of carboxylic acid groups (broad SMARTS) is 1. The summed E-state index contributed by atoms with van der Waals surface area (Å²) < 4.78 is 19.1. The van der Waals surface area contributed by atoms with Crippen molar-refractivity contribution in [2.45, 2.75) is 38.8 Å². The number of carbonyl (C=O) groups is 1. The third-order valence-electron chi connectivity index (χ3n) is 3.92. The zero-order valence-electron chi connectivity index (χ0n) is 14.4. The minimum Gasteiger partial charge on any atom is -0.491 e. The van der Waals surface area contributed by atoms with Crippen LogP contribution in [0.25, 0.3) is 0 Å². The molecule has 2 aromatic rings. The zero-order valence-corrected chi connectivity index (χ0v) is 14.4. The van der Waals surface area contributed by atoms with E-state index in [0.717, 1.165) is 17.5 Å². The molecule has 1 atom stereocenters. The van der Waals surface area contributed by atoms with E-state index in [4.69, 9.17) is 9.84 Å². The predicted molar refractivity (Wildman–Crippen MR) is 95.2 cm³/mol. The summed E-state index contributed by atoms with van der Waals surface area (Å²) in [6.07, 6.45) is 1.35. The van der Waals surface area contributed by atoms with Crippen molar-refractivity contribution in [1.82, 2.24) is 5.32 Å². The van der Waals surface area contributed by atoms with E-state index in [0.29, 0.717) is 19.6 Å². The maximum Gasteiger partial charge on any atom is 0.303 e. The molecule has 0 aliphatic heterocycles. The van der Waals surface area contributed by atoms with Crippen LogP contribution in [0.2, 0.25) is 0 Å². The molecule has 0 aromatic heterocycles. The van der Waals surface area contributed by atoms with Crippen LogP contribution in [0.1, 0.15) is 30.9 Å². The van der Waals surface area contributed by atoms with Gasteiger partial charge >= 0.3 is 5.97 Å². The van der Waals surface area contributed by atoms with Gasteiger partial charge in [0.1, 0.15) is 0 Å². The molecule has 0 amide bonds. The van der Waals surface area contributed by atoms with Gasteiger partial charge in [0.05, 0.1) is 6.61 Å². The monoisotopic (exact) mass is 345 g/mol. The Morgan fingerprint density at radius 3 is 2.60 bits per heavy atom. The molecule has 2 rings (SSSR count). The van der Waals surface area contributed by atoms with Crippen molar-refractivity contribution in [3.05, 3.63) is 65.5 Å². The molecule has 4 nitrogen and oxygen atoms in total. The van der Waals surface area contributed by atoms with Crippen LogP contribution in [-0.4, -0.2) is 23.7 Å². The average molecular weight is 345 g/mol. The second kappa shape index (κ2) is 9.79.